The Bertz CT molecular complexity index is 1990. The molecule has 8 nitrogen and oxygen atoms in total. The first kappa shape index (κ1) is 35.7. The van der Waals surface area contributed by atoms with Gasteiger partial charge in [0.25, 0.3) is 5.91 Å². The minimum Gasteiger partial charge on any atom is -0.489 e. The van der Waals surface area contributed by atoms with E-state index in [0.717, 1.165) is 77.8 Å². The average Bonchev–Trinajstić information content (AvgIpc) is 3.76. The number of benzene rings is 4. The maximum absolute atomic E-state index is 13.2. The zero-order valence-corrected chi connectivity index (χ0v) is 30.3. The van der Waals surface area contributed by atoms with Crippen LogP contribution in [0.15, 0.2) is 125 Å². The van der Waals surface area contributed by atoms with Crippen LogP contribution in [-0.2, 0) is 22.6 Å². The fourth-order valence-electron chi connectivity index (χ4n) is 5.87. The second-order valence-corrected chi connectivity index (χ2v) is 14.0. The molecule has 51 heavy (non-hydrogen) atoms. The van der Waals surface area contributed by atoms with E-state index in [-0.39, 0.29) is 5.91 Å². The monoisotopic (exact) mass is 717 g/mol. The van der Waals surface area contributed by atoms with Crippen molar-refractivity contribution in [3.05, 3.63) is 142 Å². The van der Waals surface area contributed by atoms with Crippen molar-refractivity contribution in [2.45, 2.75) is 25.9 Å². The number of hydrogen-bond donors (Lipinski definition) is 0. The SMILES string of the molecule is CN(C)C=O.O=C1N=C(N2CCC(Cc3ccccc3)CC2)S/C1=C\c1cn(-c2ccccc2)nc1-c1ccc(OCc2ccccc2Cl)cc1. The van der Waals surface area contributed by atoms with E-state index in [1.54, 1.807) is 14.1 Å². The van der Waals surface area contributed by atoms with Crippen LogP contribution in [0.4, 0.5) is 0 Å². The van der Waals surface area contributed by atoms with Crippen LogP contribution in [0.1, 0.15) is 29.5 Å². The van der Waals surface area contributed by atoms with Gasteiger partial charge in [-0.05, 0) is 91.0 Å². The van der Waals surface area contributed by atoms with Gasteiger partial charge in [0.1, 0.15) is 12.4 Å². The highest BCUT2D eigenvalue weighted by Crippen LogP contribution is 2.35. The quantitative estimate of drug-likeness (QED) is 0.113. The summed E-state index contributed by atoms with van der Waals surface area (Å²) in [5.41, 5.74) is 5.80. The van der Waals surface area contributed by atoms with Crippen LogP contribution in [-0.4, -0.2) is 64.3 Å². The number of aliphatic imine (C=N–C) groups is 1. The third-order valence-electron chi connectivity index (χ3n) is 8.60. The molecular weight excluding hydrogens is 678 g/mol. The predicted octanol–water partition coefficient (Wildman–Crippen LogP) is 8.40. The third-order valence-corrected chi connectivity index (χ3v) is 10.0. The van der Waals surface area contributed by atoms with E-state index >= 15 is 0 Å². The van der Waals surface area contributed by atoms with E-state index in [9.17, 15) is 9.59 Å². The van der Waals surface area contributed by atoms with Gasteiger partial charge in [-0.15, -0.1) is 0 Å². The van der Waals surface area contributed by atoms with Gasteiger partial charge in [-0.25, -0.2) is 4.68 Å². The minimum absolute atomic E-state index is 0.201. The number of rotatable bonds is 9. The summed E-state index contributed by atoms with van der Waals surface area (Å²) in [4.78, 5) is 31.4. The van der Waals surface area contributed by atoms with Crippen molar-refractivity contribution < 1.29 is 14.3 Å². The van der Waals surface area contributed by atoms with Crippen LogP contribution in [0.3, 0.4) is 0 Å². The Morgan fingerprint density at radius 2 is 1.55 bits per heavy atom. The molecule has 3 heterocycles. The van der Waals surface area contributed by atoms with Crippen molar-refractivity contribution in [1.82, 2.24) is 19.6 Å². The van der Waals surface area contributed by atoms with Gasteiger partial charge in [0.05, 0.1) is 16.3 Å². The number of piperidine rings is 1. The first-order valence-electron chi connectivity index (χ1n) is 16.9. The molecular formula is C41H40ClN5O3S. The van der Waals surface area contributed by atoms with Crippen LogP contribution < -0.4 is 4.74 Å². The number of likely N-dealkylation sites (tertiary alicyclic amines) is 1. The average molecular weight is 718 g/mol. The van der Waals surface area contributed by atoms with Gasteiger partial charge < -0.3 is 14.5 Å². The first-order chi connectivity index (χ1) is 24.9. The van der Waals surface area contributed by atoms with E-state index < -0.39 is 0 Å². The fraction of sp³-hybridized carbons (Fsp3) is 0.220. The van der Waals surface area contributed by atoms with E-state index in [2.05, 4.69) is 40.2 Å². The largest absolute Gasteiger partial charge is 0.489 e. The lowest BCUT2D eigenvalue weighted by Crippen LogP contribution is -2.37. The summed E-state index contributed by atoms with van der Waals surface area (Å²) >= 11 is 7.76. The lowest BCUT2D eigenvalue weighted by Gasteiger charge is -2.32. The highest BCUT2D eigenvalue weighted by Gasteiger charge is 2.29. The van der Waals surface area contributed by atoms with Crippen molar-refractivity contribution >= 4 is 46.9 Å². The van der Waals surface area contributed by atoms with Crippen molar-refractivity contribution in [3.8, 4) is 22.7 Å². The standard InChI is InChI=1S/C38H33ClN4O2S.C3H7NO/c39-34-14-8-7-11-30(34)26-45-33-17-15-29(16-18-33)36-31(25-43(41-36)32-12-5-2-6-13-32)24-35-37(44)40-38(46-35)42-21-19-28(20-22-42)23-27-9-3-1-4-10-27;1-4(2)3-5/h1-18,24-25,28H,19-23,26H2;3H,1-2H3/b35-24-;. The molecule has 4 aromatic carbocycles. The van der Waals surface area contributed by atoms with Gasteiger partial charge in [0.2, 0.25) is 6.41 Å². The van der Waals surface area contributed by atoms with Gasteiger partial charge in [-0.2, -0.15) is 10.1 Å². The molecule has 0 radical (unpaired) electrons. The number of carbonyl (C=O) groups excluding carboxylic acids is 2. The van der Waals surface area contributed by atoms with Crippen molar-refractivity contribution in [1.29, 1.82) is 0 Å². The van der Waals surface area contributed by atoms with Crippen molar-refractivity contribution in [2.24, 2.45) is 10.9 Å². The summed E-state index contributed by atoms with van der Waals surface area (Å²) in [7, 11) is 3.38. The molecule has 1 aromatic heterocycles. The molecule has 0 bridgehead atoms. The Labute approximate surface area is 308 Å². The van der Waals surface area contributed by atoms with Gasteiger partial charge >= 0.3 is 0 Å². The van der Waals surface area contributed by atoms with E-state index in [4.69, 9.17) is 21.4 Å². The van der Waals surface area contributed by atoms with Gasteiger partial charge in [-0.3, -0.25) is 9.59 Å². The topological polar surface area (TPSA) is 80.0 Å². The van der Waals surface area contributed by atoms with Crippen LogP contribution in [0, 0.1) is 5.92 Å². The number of para-hydroxylation sites is 1. The van der Waals surface area contributed by atoms with Crippen molar-refractivity contribution in [3.63, 3.8) is 0 Å². The zero-order valence-electron chi connectivity index (χ0n) is 28.7. The highest BCUT2D eigenvalue weighted by molar-refractivity contribution is 8.18. The van der Waals surface area contributed by atoms with Gasteiger partial charge in [0.15, 0.2) is 5.17 Å². The summed E-state index contributed by atoms with van der Waals surface area (Å²) < 4.78 is 7.86. The molecule has 0 unspecified atom stereocenters. The lowest BCUT2D eigenvalue weighted by atomic mass is 9.90. The first-order valence-corrected chi connectivity index (χ1v) is 18.1. The molecule has 1 fully saturated rings. The van der Waals surface area contributed by atoms with E-state index in [1.165, 1.54) is 22.2 Å². The minimum atomic E-state index is -0.201. The molecule has 2 aliphatic rings. The number of ether oxygens (including phenoxy) is 1. The molecule has 0 N–H and O–H groups in total. The molecule has 2 aliphatic heterocycles. The Morgan fingerprint density at radius 3 is 2.22 bits per heavy atom. The van der Waals surface area contributed by atoms with Crippen LogP contribution in [0.2, 0.25) is 5.02 Å². The predicted molar refractivity (Wildman–Crippen MR) is 207 cm³/mol. The number of carbonyl (C=O) groups is 2. The molecule has 0 aliphatic carbocycles. The normalized spacial score (nSPS) is 15.3. The summed E-state index contributed by atoms with van der Waals surface area (Å²) in [5, 5.41) is 6.43. The second-order valence-electron chi connectivity index (χ2n) is 12.6. The number of amidine groups is 1. The fourth-order valence-corrected chi connectivity index (χ4v) is 7.01. The zero-order chi connectivity index (χ0) is 35.6. The van der Waals surface area contributed by atoms with E-state index in [1.807, 2.05) is 95.8 Å². The van der Waals surface area contributed by atoms with Crippen molar-refractivity contribution in [2.75, 3.05) is 27.2 Å². The Hall–Kier alpha value is -5.12. The Kier molecular flexibility index (Phi) is 12.0. The molecule has 260 valence electrons. The number of aromatic nitrogens is 2. The van der Waals surface area contributed by atoms with E-state index in [0.29, 0.717) is 22.5 Å². The summed E-state index contributed by atoms with van der Waals surface area (Å²) in [6.07, 6.45) is 7.93. The van der Waals surface area contributed by atoms with Gasteiger partial charge in [0, 0.05) is 55.1 Å². The summed E-state index contributed by atoms with van der Waals surface area (Å²) in [6, 6.07) is 36.2. The summed E-state index contributed by atoms with van der Waals surface area (Å²) in [5.74, 6) is 1.18. The molecule has 0 spiro atoms. The second kappa shape index (κ2) is 17.2. The Balaban J connectivity index is 0.000000839. The molecule has 2 amide bonds. The molecule has 10 heteroatoms. The molecule has 7 rings (SSSR count). The number of amides is 2. The smallest absolute Gasteiger partial charge is 0.286 e. The molecule has 0 saturated carbocycles. The maximum Gasteiger partial charge on any atom is 0.286 e. The molecule has 1 saturated heterocycles. The third kappa shape index (κ3) is 9.57. The number of thioether (sulfide) groups is 1. The summed E-state index contributed by atoms with van der Waals surface area (Å²) in [6.45, 7) is 2.20. The highest BCUT2D eigenvalue weighted by atomic mass is 35.5. The van der Waals surface area contributed by atoms with Crippen LogP contribution in [0.25, 0.3) is 23.0 Å². The number of halogens is 1. The Morgan fingerprint density at radius 1 is 0.902 bits per heavy atom. The molecule has 0 atom stereocenters. The van der Waals surface area contributed by atoms with Crippen LogP contribution >= 0.6 is 23.4 Å². The van der Waals surface area contributed by atoms with Crippen LogP contribution in [0.5, 0.6) is 5.75 Å². The number of hydrogen-bond acceptors (Lipinski definition) is 6. The van der Waals surface area contributed by atoms with Gasteiger partial charge in [-0.1, -0.05) is 78.3 Å². The molecule has 5 aromatic rings. The maximum atomic E-state index is 13.2. The lowest BCUT2D eigenvalue weighted by molar-refractivity contribution is -0.116. The number of nitrogens with zero attached hydrogens (tertiary/aromatic N) is 5.